The van der Waals surface area contributed by atoms with Gasteiger partial charge in [0.1, 0.15) is 0 Å². The molecular formula is C12H20BrNO2. The summed E-state index contributed by atoms with van der Waals surface area (Å²) < 4.78 is 5.44. The summed E-state index contributed by atoms with van der Waals surface area (Å²) >= 11 is 3.62. The summed E-state index contributed by atoms with van der Waals surface area (Å²) in [6, 6.07) is 0. The fourth-order valence-corrected chi connectivity index (χ4v) is 3.33. The number of ether oxygens (including phenoxy) is 1. The number of carbonyl (C=O) groups excluding carboxylic acids is 1. The van der Waals surface area contributed by atoms with E-state index >= 15 is 0 Å². The van der Waals surface area contributed by atoms with Crippen molar-refractivity contribution in [2.75, 3.05) is 13.2 Å². The topological polar surface area (TPSA) is 38.3 Å². The maximum Gasteiger partial charge on any atom is 0.222 e. The first-order chi connectivity index (χ1) is 7.74. The molecule has 1 saturated carbocycles. The number of rotatable bonds is 4. The van der Waals surface area contributed by atoms with Gasteiger partial charge in [-0.2, -0.15) is 0 Å². The van der Waals surface area contributed by atoms with Crippen LogP contribution in [0.2, 0.25) is 0 Å². The highest BCUT2D eigenvalue weighted by molar-refractivity contribution is 9.09. The molecule has 3 nitrogen and oxygen atoms in total. The van der Waals surface area contributed by atoms with Crippen molar-refractivity contribution in [1.29, 1.82) is 0 Å². The van der Waals surface area contributed by atoms with E-state index in [0.717, 1.165) is 26.0 Å². The van der Waals surface area contributed by atoms with Crippen LogP contribution in [0.25, 0.3) is 0 Å². The highest BCUT2D eigenvalue weighted by atomic mass is 79.9. The van der Waals surface area contributed by atoms with Gasteiger partial charge < -0.3 is 10.1 Å². The van der Waals surface area contributed by atoms with Crippen molar-refractivity contribution in [2.24, 2.45) is 5.92 Å². The van der Waals surface area contributed by atoms with Crippen molar-refractivity contribution in [3.8, 4) is 0 Å². The van der Waals surface area contributed by atoms with Crippen molar-refractivity contribution in [3.05, 3.63) is 0 Å². The molecule has 1 saturated heterocycles. The van der Waals surface area contributed by atoms with E-state index in [1.54, 1.807) is 0 Å². The second-order valence-electron chi connectivity index (χ2n) is 4.92. The maximum atomic E-state index is 11.6. The van der Waals surface area contributed by atoms with Crippen LogP contribution in [0, 0.1) is 5.92 Å². The summed E-state index contributed by atoms with van der Waals surface area (Å²) in [6.07, 6.45) is 6.53. The zero-order valence-corrected chi connectivity index (χ0v) is 11.2. The Morgan fingerprint density at radius 3 is 2.88 bits per heavy atom. The summed E-state index contributed by atoms with van der Waals surface area (Å²) in [5.41, 5.74) is 0. The third-order valence-corrected chi connectivity index (χ3v) is 4.33. The first-order valence-electron chi connectivity index (χ1n) is 6.26. The van der Waals surface area contributed by atoms with Gasteiger partial charge in [-0.1, -0.05) is 15.9 Å². The number of hydrogen-bond donors (Lipinski definition) is 1. The van der Waals surface area contributed by atoms with E-state index in [9.17, 15) is 4.79 Å². The van der Waals surface area contributed by atoms with E-state index < -0.39 is 0 Å². The molecule has 0 spiro atoms. The molecule has 3 unspecified atom stereocenters. The standard InChI is InChI=1S/C12H20BrNO2/c13-10-4-3-9(6-10)8-14-12(15)7-11-2-1-5-16-11/h9-11H,1-8H2,(H,14,15). The number of alkyl halides is 1. The van der Waals surface area contributed by atoms with E-state index in [-0.39, 0.29) is 12.0 Å². The van der Waals surface area contributed by atoms with Gasteiger partial charge in [0.2, 0.25) is 5.91 Å². The number of hydrogen-bond acceptors (Lipinski definition) is 2. The van der Waals surface area contributed by atoms with Gasteiger partial charge in [0.15, 0.2) is 0 Å². The predicted molar refractivity (Wildman–Crippen MR) is 66.7 cm³/mol. The molecular weight excluding hydrogens is 270 g/mol. The first-order valence-corrected chi connectivity index (χ1v) is 7.18. The monoisotopic (exact) mass is 289 g/mol. The van der Waals surface area contributed by atoms with Crippen LogP contribution in [0.5, 0.6) is 0 Å². The zero-order chi connectivity index (χ0) is 11.4. The lowest BCUT2D eigenvalue weighted by molar-refractivity contribution is -0.123. The van der Waals surface area contributed by atoms with Gasteiger partial charge in [-0.05, 0) is 38.0 Å². The number of amides is 1. The van der Waals surface area contributed by atoms with Gasteiger partial charge in [-0.15, -0.1) is 0 Å². The molecule has 92 valence electrons. The number of nitrogens with one attached hydrogen (secondary N) is 1. The second-order valence-corrected chi connectivity index (χ2v) is 6.21. The maximum absolute atomic E-state index is 11.6. The third-order valence-electron chi connectivity index (χ3n) is 3.50. The van der Waals surface area contributed by atoms with Crippen LogP contribution in [0.15, 0.2) is 0 Å². The first kappa shape index (κ1) is 12.4. The van der Waals surface area contributed by atoms with Crippen molar-refractivity contribution >= 4 is 21.8 Å². The minimum atomic E-state index is 0.157. The second kappa shape index (κ2) is 6.01. The molecule has 2 aliphatic rings. The van der Waals surface area contributed by atoms with Gasteiger partial charge in [-0.3, -0.25) is 4.79 Å². The lowest BCUT2D eigenvalue weighted by Crippen LogP contribution is -2.31. The van der Waals surface area contributed by atoms with E-state index in [0.29, 0.717) is 17.2 Å². The van der Waals surface area contributed by atoms with E-state index in [4.69, 9.17) is 4.74 Å². The van der Waals surface area contributed by atoms with Crippen LogP contribution in [-0.2, 0) is 9.53 Å². The Morgan fingerprint density at radius 1 is 1.38 bits per heavy atom. The smallest absolute Gasteiger partial charge is 0.222 e. The van der Waals surface area contributed by atoms with Crippen molar-refractivity contribution in [3.63, 3.8) is 0 Å². The van der Waals surface area contributed by atoms with Crippen LogP contribution in [-0.4, -0.2) is 30.0 Å². The Kier molecular flexibility index (Phi) is 4.65. The summed E-state index contributed by atoms with van der Waals surface area (Å²) in [6.45, 7) is 1.67. The minimum absolute atomic E-state index is 0.157. The molecule has 16 heavy (non-hydrogen) atoms. The van der Waals surface area contributed by atoms with E-state index in [2.05, 4.69) is 21.2 Å². The molecule has 2 fully saturated rings. The Hall–Kier alpha value is -0.0900. The third kappa shape index (κ3) is 3.74. The molecule has 0 aromatic heterocycles. The van der Waals surface area contributed by atoms with Crippen molar-refractivity contribution in [1.82, 2.24) is 5.32 Å². The predicted octanol–water partition coefficient (Wildman–Crippen LogP) is 2.24. The molecule has 1 N–H and O–H groups in total. The normalized spacial score (nSPS) is 34.2. The number of carbonyl (C=O) groups is 1. The molecule has 1 aliphatic carbocycles. The Bertz CT molecular complexity index is 241. The van der Waals surface area contributed by atoms with Crippen LogP contribution in [0.4, 0.5) is 0 Å². The highest BCUT2D eigenvalue weighted by Gasteiger charge is 2.24. The summed E-state index contributed by atoms with van der Waals surface area (Å²) in [4.78, 5) is 12.3. The molecule has 3 atom stereocenters. The Balaban J connectivity index is 1.60. The van der Waals surface area contributed by atoms with Crippen LogP contribution in [0.3, 0.4) is 0 Å². The molecule has 2 rings (SSSR count). The summed E-state index contributed by atoms with van der Waals surface area (Å²) in [7, 11) is 0. The quantitative estimate of drug-likeness (QED) is 0.806. The average Bonchev–Trinajstić information content (AvgIpc) is 2.87. The van der Waals surface area contributed by atoms with Crippen LogP contribution < -0.4 is 5.32 Å². The van der Waals surface area contributed by atoms with Crippen LogP contribution >= 0.6 is 15.9 Å². The van der Waals surface area contributed by atoms with Gasteiger partial charge in [0, 0.05) is 18.0 Å². The average molecular weight is 290 g/mol. The molecule has 1 amide bonds. The van der Waals surface area contributed by atoms with Gasteiger partial charge in [0.05, 0.1) is 12.5 Å². The van der Waals surface area contributed by atoms with Gasteiger partial charge in [-0.25, -0.2) is 0 Å². The molecule has 0 radical (unpaired) electrons. The van der Waals surface area contributed by atoms with Crippen LogP contribution in [0.1, 0.15) is 38.5 Å². The molecule has 0 aromatic rings. The number of halogens is 1. The van der Waals surface area contributed by atoms with Crippen molar-refractivity contribution in [2.45, 2.75) is 49.5 Å². The lowest BCUT2D eigenvalue weighted by atomic mass is 10.1. The lowest BCUT2D eigenvalue weighted by Gasteiger charge is -2.13. The van der Waals surface area contributed by atoms with Gasteiger partial charge in [0.25, 0.3) is 0 Å². The fourth-order valence-electron chi connectivity index (χ4n) is 2.54. The summed E-state index contributed by atoms with van der Waals surface area (Å²) in [5.74, 6) is 0.822. The largest absolute Gasteiger partial charge is 0.378 e. The highest BCUT2D eigenvalue weighted by Crippen LogP contribution is 2.30. The van der Waals surface area contributed by atoms with E-state index in [1.165, 1.54) is 19.3 Å². The van der Waals surface area contributed by atoms with E-state index in [1.807, 2.05) is 0 Å². The minimum Gasteiger partial charge on any atom is -0.378 e. The molecule has 4 heteroatoms. The molecule has 0 aromatic carbocycles. The Labute approximate surface area is 105 Å². The SMILES string of the molecule is O=C(CC1CCCO1)NCC1CCC(Br)C1. The zero-order valence-electron chi connectivity index (χ0n) is 9.58. The van der Waals surface area contributed by atoms with Gasteiger partial charge >= 0.3 is 0 Å². The molecule has 1 heterocycles. The van der Waals surface area contributed by atoms with Crippen molar-refractivity contribution < 1.29 is 9.53 Å². The molecule has 1 aliphatic heterocycles. The fraction of sp³-hybridized carbons (Fsp3) is 0.917. The Morgan fingerprint density at radius 2 is 2.25 bits per heavy atom. The molecule has 0 bridgehead atoms. The summed E-state index contributed by atoms with van der Waals surface area (Å²) in [5, 5.41) is 3.03.